The second-order valence-electron chi connectivity index (χ2n) is 8.29. The molecule has 30 heavy (non-hydrogen) atoms. The van der Waals surface area contributed by atoms with Crippen molar-refractivity contribution in [3.8, 4) is 0 Å². The Morgan fingerprint density at radius 3 is 2.73 bits per heavy atom. The lowest BCUT2D eigenvalue weighted by molar-refractivity contribution is -0.122. The van der Waals surface area contributed by atoms with Crippen molar-refractivity contribution in [1.29, 1.82) is 0 Å². The first-order valence-electron chi connectivity index (χ1n) is 10.4. The third kappa shape index (κ3) is 4.22. The van der Waals surface area contributed by atoms with E-state index in [2.05, 4.69) is 28.1 Å². The van der Waals surface area contributed by atoms with Crippen molar-refractivity contribution in [2.24, 2.45) is 17.8 Å². The first-order valence-corrected chi connectivity index (χ1v) is 10.4. The van der Waals surface area contributed by atoms with Crippen molar-refractivity contribution in [2.45, 2.75) is 38.6 Å². The number of fused-ring (bicyclic) bond motifs is 2. The second-order valence-corrected chi connectivity index (χ2v) is 8.29. The Labute approximate surface area is 175 Å². The molecule has 1 saturated heterocycles. The third-order valence-corrected chi connectivity index (χ3v) is 6.08. The number of carbonyl (C=O) groups excluding carboxylic acids is 4. The molecule has 3 N–H and O–H groups in total. The van der Waals surface area contributed by atoms with Crippen molar-refractivity contribution >= 4 is 35.1 Å². The zero-order valence-electron chi connectivity index (χ0n) is 16.9. The molecule has 5 amide bonds. The van der Waals surface area contributed by atoms with Crippen LogP contribution in [0.15, 0.2) is 36.4 Å². The van der Waals surface area contributed by atoms with Crippen LogP contribution in [-0.4, -0.2) is 36.3 Å². The quantitative estimate of drug-likeness (QED) is 0.473. The number of carbonyl (C=O) groups is 4. The van der Waals surface area contributed by atoms with Crippen molar-refractivity contribution in [3.05, 3.63) is 36.4 Å². The number of nitrogens with zero attached hydrogens (tertiary/aromatic N) is 1. The van der Waals surface area contributed by atoms with Gasteiger partial charge in [-0.1, -0.05) is 18.2 Å². The molecule has 1 aromatic carbocycles. The van der Waals surface area contributed by atoms with Gasteiger partial charge in [-0.05, 0) is 55.2 Å². The molecule has 2 fully saturated rings. The van der Waals surface area contributed by atoms with E-state index in [0.717, 1.165) is 11.3 Å². The van der Waals surface area contributed by atoms with Crippen LogP contribution in [0.1, 0.15) is 32.6 Å². The number of hydrogen-bond donors (Lipinski definition) is 3. The molecular weight excluding hydrogens is 384 g/mol. The Hall–Kier alpha value is -3.16. The maximum Gasteiger partial charge on any atom is 0.329 e. The fraction of sp³-hybridized carbons (Fsp3) is 0.455. The molecule has 2 aliphatic carbocycles. The molecule has 1 heterocycles. The lowest BCUT2D eigenvalue weighted by Crippen LogP contribution is -2.34. The Bertz CT molecular complexity index is 912. The first-order chi connectivity index (χ1) is 14.4. The lowest BCUT2D eigenvalue weighted by atomic mass is 9.93. The summed E-state index contributed by atoms with van der Waals surface area (Å²) in [7, 11) is 0. The van der Waals surface area contributed by atoms with Gasteiger partial charge in [0.05, 0.1) is 5.69 Å². The number of urea groups is 1. The van der Waals surface area contributed by atoms with E-state index in [1.165, 1.54) is 13.3 Å². The molecule has 1 saturated carbocycles. The van der Waals surface area contributed by atoms with E-state index in [-0.39, 0.29) is 24.7 Å². The van der Waals surface area contributed by atoms with Crippen LogP contribution in [-0.2, 0) is 14.4 Å². The summed E-state index contributed by atoms with van der Waals surface area (Å²) in [6.45, 7) is 2.05. The van der Waals surface area contributed by atoms with Crippen LogP contribution in [0.5, 0.6) is 0 Å². The number of nitrogens with one attached hydrogen (secondary N) is 3. The number of benzene rings is 1. The Kier molecular flexibility index (Phi) is 5.57. The number of anilines is 2. The Morgan fingerprint density at radius 1 is 1.20 bits per heavy atom. The SMILES string of the molecule is CC(=O)Nc1cccc(N2C(=O)N[C@H](CCC(=O)NCC3CC4C=CC3C4)C2=O)c1. The summed E-state index contributed by atoms with van der Waals surface area (Å²) >= 11 is 0. The van der Waals surface area contributed by atoms with E-state index < -0.39 is 18.0 Å². The van der Waals surface area contributed by atoms with Gasteiger partial charge < -0.3 is 16.0 Å². The Balaban J connectivity index is 1.29. The molecule has 2 bridgehead atoms. The van der Waals surface area contributed by atoms with Gasteiger partial charge in [0, 0.05) is 25.6 Å². The molecule has 0 aromatic heterocycles. The van der Waals surface area contributed by atoms with E-state index in [9.17, 15) is 19.2 Å². The summed E-state index contributed by atoms with van der Waals surface area (Å²) in [5.74, 6) is 1.00. The predicted molar refractivity (Wildman–Crippen MR) is 112 cm³/mol. The van der Waals surface area contributed by atoms with Crippen molar-refractivity contribution in [3.63, 3.8) is 0 Å². The molecule has 0 spiro atoms. The summed E-state index contributed by atoms with van der Waals surface area (Å²) in [4.78, 5) is 49.6. The molecular formula is C22H26N4O4. The molecule has 1 aromatic rings. The van der Waals surface area contributed by atoms with Crippen molar-refractivity contribution in [1.82, 2.24) is 10.6 Å². The van der Waals surface area contributed by atoms with Gasteiger partial charge in [0.25, 0.3) is 5.91 Å². The maximum atomic E-state index is 12.7. The van der Waals surface area contributed by atoms with Crippen LogP contribution in [0.3, 0.4) is 0 Å². The smallest absolute Gasteiger partial charge is 0.329 e. The zero-order chi connectivity index (χ0) is 21.3. The second kappa shape index (κ2) is 8.30. The molecule has 3 aliphatic rings. The van der Waals surface area contributed by atoms with E-state index in [1.807, 2.05) is 0 Å². The average molecular weight is 410 g/mol. The van der Waals surface area contributed by atoms with Crippen molar-refractivity contribution in [2.75, 3.05) is 16.8 Å². The average Bonchev–Trinajstić information content (AvgIpc) is 3.39. The minimum absolute atomic E-state index is 0.102. The summed E-state index contributed by atoms with van der Waals surface area (Å²) in [5.41, 5.74) is 0.874. The van der Waals surface area contributed by atoms with Gasteiger partial charge in [-0.25, -0.2) is 9.69 Å². The molecule has 3 unspecified atom stereocenters. The zero-order valence-corrected chi connectivity index (χ0v) is 16.9. The summed E-state index contributed by atoms with van der Waals surface area (Å²) in [5, 5.41) is 8.26. The maximum absolute atomic E-state index is 12.7. The highest BCUT2D eigenvalue weighted by Crippen LogP contribution is 2.42. The van der Waals surface area contributed by atoms with E-state index in [4.69, 9.17) is 0 Å². The number of rotatable bonds is 7. The highest BCUT2D eigenvalue weighted by Gasteiger charge is 2.39. The van der Waals surface area contributed by atoms with Crippen LogP contribution in [0, 0.1) is 17.8 Å². The van der Waals surface area contributed by atoms with Gasteiger partial charge in [0.2, 0.25) is 11.8 Å². The molecule has 8 heteroatoms. The Morgan fingerprint density at radius 2 is 2.03 bits per heavy atom. The minimum atomic E-state index is -0.738. The molecule has 0 radical (unpaired) electrons. The topological polar surface area (TPSA) is 108 Å². The van der Waals surface area contributed by atoms with Crippen molar-refractivity contribution < 1.29 is 19.2 Å². The van der Waals surface area contributed by atoms with E-state index in [0.29, 0.717) is 35.7 Å². The number of hydrogen-bond acceptors (Lipinski definition) is 4. The van der Waals surface area contributed by atoms with Gasteiger partial charge in [-0.2, -0.15) is 0 Å². The molecule has 158 valence electrons. The predicted octanol–water partition coefficient (Wildman–Crippen LogP) is 2.18. The summed E-state index contributed by atoms with van der Waals surface area (Å²) in [6, 6.07) is 5.26. The van der Waals surface area contributed by atoms with Crippen LogP contribution in [0.4, 0.5) is 16.2 Å². The lowest BCUT2D eigenvalue weighted by Gasteiger charge is -2.18. The number of imide groups is 1. The monoisotopic (exact) mass is 410 g/mol. The van der Waals surface area contributed by atoms with Crippen LogP contribution >= 0.6 is 0 Å². The van der Waals surface area contributed by atoms with Gasteiger partial charge in [0.15, 0.2) is 0 Å². The number of allylic oxidation sites excluding steroid dienone is 2. The van der Waals surface area contributed by atoms with Crippen LogP contribution < -0.4 is 20.9 Å². The standard InChI is InChI=1S/C22H26N4O4/c1-13(27)24-17-3-2-4-18(11-17)26-21(29)19(25-22(26)30)7-8-20(28)23-12-16-10-14-5-6-15(16)9-14/h2-6,11,14-16,19H,7-10,12H2,1H3,(H,23,28)(H,24,27)(H,25,30)/t14?,15?,16?,19-/m1/s1. The minimum Gasteiger partial charge on any atom is -0.356 e. The molecule has 4 rings (SSSR count). The fourth-order valence-corrected chi connectivity index (χ4v) is 4.64. The summed E-state index contributed by atoms with van der Waals surface area (Å²) in [6.07, 6.45) is 7.28. The van der Waals surface area contributed by atoms with Crippen LogP contribution in [0.25, 0.3) is 0 Å². The third-order valence-electron chi connectivity index (χ3n) is 6.08. The normalized spacial score (nSPS) is 26.8. The van der Waals surface area contributed by atoms with Crippen LogP contribution in [0.2, 0.25) is 0 Å². The number of amides is 5. The first kappa shape index (κ1) is 20.1. The van der Waals surface area contributed by atoms with Gasteiger partial charge in [-0.3, -0.25) is 14.4 Å². The van der Waals surface area contributed by atoms with Gasteiger partial charge >= 0.3 is 6.03 Å². The molecule has 4 atom stereocenters. The summed E-state index contributed by atoms with van der Waals surface area (Å²) < 4.78 is 0. The molecule has 8 nitrogen and oxygen atoms in total. The van der Waals surface area contributed by atoms with Gasteiger partial charge in [0.1, 0.15) is 6.04 Å². The highest BCUT2D eigenvalue weighted by atomic mass is 16.2. The largest absolute Gasteiger partial charge is 0.356 e. The van der Waals surface area contributed by atoms with E-state index >= 15 is 0 Å². The van der Waals surface area contributed by atoms with Gasteiger partial charge in [-0.15, -0.1) is 0 Å². The highest BCUT2D eigenvalue weighted by molar-refractivity contribution is 6.21. The van der Waals surface area contributed by atoms with E-state index in [1.54, 1.807) is 24.3 Å². The molecule has 1 aliphatic heterocycles. The fourth-order valence-electron chi connectivity index (χ4n) is 4.64.